The zero-order chi connectivity index (χ0) is 12.0. The lowest BCUT2D eigenvalue weighted by atomic mass is 9.94. The number of aromatic nitrogens is 2. The SMILES string of the molecule is CC(C)C[C@H](CN)CC(=O)Nc1cnns1. The Kier molecular flexibility index (Phi) is 5.34. The third-order valence-corrected chi connectivity index (χ3v) is 2.82. The van der Waals surface area contributed by atoms with Crippen molar-refractivity contribution in [1.82, 2.24) is 9.59 Å². The van der Waals surface area contributed by atoms with Gasteiger partial charge >= 0.3 is 0 Å². The Hall–Kier alpha value is -1.01. The number of rotatable bonds is 6. The van der Waals surface area contributed by atoms with Gasteiger partial charge in [0.25, 0.3) is 0 Å². The fourth-order valence-electron chi connectivity index (χ4n) is 1.60. The molecule has 0 spiro atoms. The number of amides is 1. The third kappa shape index (κ3) is 4.67. The molecule has 1 heterocycles. The van der Waals surface area contributed by atoms with Crippen LogP contribution in [0.25, 0.3) is 0 Å². The predicted molar refractivity (Wildman–Crippen MR) is 65.2 cm³/mol. The molecule has 0 unspecified atom stereocenters. The van der Waals surface area contributed by atoms with Crippen LogP contribution < -0.4 is 11.1 Å². The molecule has 90 valence electrons. The van der Waals surface area contributed by atoms with E-state index in [1.807, 2.05) is 0 Å². The van der Waals surface area contributed by atoms with E-state index >= 15 is 0 Å². The molecule has 1 atom stereocenters. The molecule has 0 bridgehead atoms. The van der Waals surface area contributed by atoms with E-state index in [-0.39, 0.29) is 11.8 Å². The Balaban J connectivity index is 2.37. The first-order chi connectivity index (χ1) is 7.61. The van der Waals surface area contributed by atoms with E-state index in [4.69, 9.17) is 5.73 Å². The van der Waals surface area contributed by atoms with Gasteiger partial charge < -0.3 is 11.1 Å². The molecule has 0 saturated heterocycles. The quantitative estimate of drug-likeness (QED) is 0.792. The van der Waals surface area contributed by atoms with Crippen LogP contribution in [0.3, 0.4) is 0 Å². The van der Waals surface area contributed by atoms with Gasteiger partial charge in [-0.1, -0.05) is 18.3 Å². The second-order valence-electron chi connectivity index (χ2n) is 4.27. The van der Waals surface area contributed by atoms with Gasteiger partial charge in [0.2, 0.25) is 5.91 Å². The standard InChI is InChI=1S/C10H18N4OS/c1-7(2)3-8(5-11)4-9(15)13-10-6-12-14-16-10/h6-8H,3-5,11H2,1-2H3,(H,13,15)/t8-/m0/s1. The number of nitrogens with two attached hydrogens (primary N) is 1. The summed E-state index contributed by atoms with van der Waals surface area (Å²) in [6, 6.07) is 0. The van der Waals surface area contributed by atoms with Gasteiger partial charge in [0.1, 0.15) is 5.00 Å². The number of nitrogens with one attached hydrogen (secondary N) is 1. The summed E-state index contributed by atoms with van der Waals surface area (Å²) >= 11 is 1.18. The summed E-state index contributed by atoms with van der Waals surface area (Å²) in [5, 5.41) is 7.10. The highest BCUT2D eigenvalue weighted by molar-refractivity contribution is 7.10. The predicted octanol–water partition coefficient (Wildman–Crippen LogP) is 1.49. The highest BCUT2D eigenvalue weighted by Crippen LogP contribution is 2.16. The molecule has 0 fully saturated rings. The minimum Gasteiger partial charge on any atom is -0.330 e. The van der Waals surface area contributed by atoms with E-state index in [0.717, 1.165) is 6.42 Å². The number of carbonyl (C=O) groups is 1. The van der Waals surface area contributed by atoms with Crippen LogP contribution in [0.15, 0.2) is 6.20 Å². The summed E-state index contributed by atoms with van der Waals surface area (Å²) in [7, 11) is 0. The first-order valence-electron chi connectivity index (χ1n) is 5.39. The van der Waals surface area contributed by atoms with Crippen LogP contribution in [0.5, 0.6) is 0 Å². The van der Waals surface area contributed by atoms with Crippen molar-refractivity contribution < 1.29 is 4.79 Å². The molecule has 3 N–H and O–H groups in total. The molecule has 1 aromatic heterocycles. The van der Waals surface area contributed by atoms with Crippen LogP contribution in [-0.4, -0.2) is 22.0 Å². The second-order valence-corrected chi connectivity index (χ2v) is 5.05. The molecule has 16 heavy (non-hydrogen) atoms. The Labute approximate surface area is 99.6 Å². The largest absolute Gasteiger partial charge is 0.330 e. The van der Waals surface area contributed by atoms with Crippen LogP contribution >= 0.6 is 11.5 Å². The Morgan fingerprint density at radius 3 is 2.88 bits per heavy atom. The first-order valence-corrected chi connectivity index (χ1v) is 6.16. The molecule has 5 nitrogen and oxygen atoms in total. The lowest BCUT2D eigenvalue weighted by molar-refractivity contribution is -0.117. The van der Waals surface area contributed by atoms with Crippen molar-refractivity contribution in [2.75, 3.05) is 11.9 Å². The van der Waals surface area contributed by atoms with E-state index < -0.39 is 0 Å². The molecule has 1 rings (SSSR count). The summed E-state index contributed by atoms with van der Waals surface area (Å²) in [6.07, 6.45) is 2.99. The van der Waals surface area contributed by atoms with Crippen molar-refractivity contribution in [1.29, 1.82) is 0 Å². The molecule has 0 aliphatic carbocycles. The molecule has 0 aliphatic rings. The van der Waals surface area contributed by atoms with E-state index in [1.165, 1.54) is 11.5 Å². The zero-order valence-electron chi connectivity index (χ0n) is 9.64. The Bertz CT molecular complexity index is 313. The molecule has 1 amide bonds. The average molecular weight is 242 g/mol. The van der Waals surface area contributed by atoms with Crippen molar-refractivity contribution in [3.05, 3.63) is 6.20 Å². The normalized spacial score (nSPS) is 12.8. The molecule has 0 aromatic carbocycles. The van der Waals surface area contributed by atoms with Gasteiger partial charge in [-0.25, -0.2) is 0 Å². The van der Waals surface area contributed by atoms with Crippen molar-refractivity contribution in [3.8, 4) is 0 Å². The van der Waals surface area contributed by atoms with Crippen LogP contribution in [0.1, 0.15) is 26.7 Å². The minimum absolute atomic E-state index is 0.0119. The van der Waals surface area contributed by atoms with Gasteiger partial charge in [0.15, 0.2) is 0 Å². The topological polar surface area (TPSA) is 80.9 Å². The van der Waals surface area contributed by atoms with E-state index in [0.29, 0.717) is 23.9 Å². The summed E-state index contributed by atoms with van der Waals surface area (Å²) < 4.78 is 3.68. The number of hydrogen-bond donors (Lipinski definition) is 2. The maximum absolute atomic E-state index is 11.6. The fraction of sp³-hybridized carbons (Fsp3) is 0.700. The molecular formula is C10H18N4OS. The summed E-state index contributed by atoms with van der Waals surface area (Å²) in [6.45, 7) is 4.81. The van der Waals surface area contributed by atoms with Gasteiger partial charge in [-0.2, -0.15) is 0 Å². The molecule has 0 saturated carbocycles. The third-order valence-electron chi connectivity index (χ3n) is 2.24. The van der Waals surface area contributed by atoms with Crippen molar-refractivity contribution in [3.63, 3.8) is 0 Å². The summed E-state index contributed by atoms with van der Waals surface area (Å²) in [5.74, 6) is 0.800. The lowest BCUT2D eigenvalue weighted by Crippen LogP contribution is -2.23. The average Bonchev–Trinajstić information content (AvgIpc) is 2.68. The van der Waals surface area contributed by atoms with E-state index in [1.54, 1.807) is 6.20 Å². The number of anilines is 1. The Morgan fingerprint density at radius 1 is 1.62 bits per heavy atom. The van der Waals surface area contributed by atoms with Gasteiger partial charge in [0, 0.05) is 18.0 Å². The smallest absolute Gasteiger partial charge is 0.225 e. The molecule has 6 heteroatoms. The zero-order valence-corrected chi connectivity index (χ0v) is 10.5. The van der Waals surface area contributed by atoms with Crippen molar-refractivity contribution in [2.24, 2.45) is 17.6 Å². The first kappa shape index (κ1) is 13.1. The fourth-order valence-corrected chi connectivity index (χ4v) is 2.04. The van der Waals surface area contributed by atoms with Gasteiger partial charge in [0.05, 0.1) is 6.20 Å². The van der Waals surface area contributed by atoms with Crippen LogP contribution in [0, 0.1) is 11.8 Å². The number of nitrogens with zero attached hydrogens (tertiary/aromatic N) is 2. The van der Waals surface area contributed by atoms with Crippen molar-refractivity contribution >= 4 is 22.4 Å². The summed E-state index contributed by atoms with van der Waals surface area (Å²) in [4.78, 5) is 11.6. The maximum atomic E-state index is 11.6. The maximum Gasteiger partial charge on any atom is 0.225 e. The highest BCUT2D eigenvalue weighted by Gasteiger charge is 2.14. The number of hydrogen-bond acceptors (Lipinski definition) is 5. The molecule has 0 radical (unpaired) electrons. The summed E-state index contributed by atoms with van der Waals surface area (Å²) in [5.41, 5.74) is 5.64. The van der Waals surface area contributed by atoms with E-state index in [9.17, 15) is 4.79 Å². The minimum atomic E-state index is -0.0119. The molecule has 1 aromatic rings. The van der Waals surface area contributed by atoms with Crippen molar-refractivity contribution in [2.45, 2.75) is 26.7 Å². The lowest BCUT2D eigenvalue weighted by Gasteiger charge is -2.15. The molecule has 0 aliphatic heterocycles. The molecular weight excluding hydrogens is 224 g/mol. The van der Waals surface area contributed by atoms with Crippen LogP contribution in [0.4, 0.5) is 5.00 Å². The van der Waals surface area contributed by atoms with Crippen LogP contribution in [-0.2, 0) is 4.79 Å². The monoisotopic (exact) mass is 242 g/mol. The van der Waals surface area contributed by atoms with Gasteiger partial charge in [-0.05, 0) is 24.8 Å². The van der Waals surface area contributed by atoms with E-state index in [2.05, 4.69) is 28.8 Å². The second kappa shape index (κ2) is 6.55. The van der Waals surface area contributed by atoms with Gasteiger partial charge in [-0.3, -0.25) is 4.79 Å². The van der Waals surface area contributed by atoms with Crippen LogP contribution in [0.2, 0.25) is 0 Å². The van der Waals surface area contributed by atoms with Gasteiger partial charge in [-0.15, -0.1) is 5.10 Å². The highest BCUT2D eigenvalue weighted by atomic mass is 32.1. The number of carbonyl (C=O) groups excluding carboxylic acids is 1. The Morgan fingerprint density at radius 2 is 2.38 bits per heavy atom.